The normalized spacial score (nSPS) is 9.50. The van der Waals surface area contributed by atoms with Gasteiger partial charge in [-0.2, -0.15) is 0 Å². The molecule has 0 atom stereocenters. The summed E-state index contributed by atoms with van der Waals surface area (Å²) in [5, 5.41) is 0. The van der Waals surface area contributed by atoms with Crippen molar-refractivity contribution in [2.75, 3.05) is 5.73 Å². The van der Waals surface area contributed by atoms with E-state index in [0.29, 0.717) is 4.60 Å². The average molecular weight is 232 g/mol. The number of aromatic nitrogens is 2. The van der Waals surface area contributed by atoms with E-state index < -0.39 is 5.97 Å². The van der Waals surface area contributed by atoms with Crippen LogP contribution in [0.4, 0.5) is 5.82 Å². The number of rotatable bonds is 1. The van der Waals surface area contributed by atoms with Crippen LogP contribution in [0.2, 0.25) is 0 Å². The summed E-state index contributed by atoms with van der Waals surface area (Å²) in [5.74, 6) is -0.362. The molecular formula is C6H6BrN3O2. The van der Waals surface area contributed by atoms with Gasteiger partial charge >= 0.3 is 5.97 Å². The number of halogens is 1. The second-order valence-electron chi connectivity index (χ2n) is 1.98. The molecule has 0 aliphatic heterocycles. The van der Waals surface area contributed by atoms with Crippen molar-refractivity contribution in [1.82, 2.24) is 9.97 Å². The number of ether oxygens (including phenoxy) is 1. The molecule has 0 amide bonds. The van der Waals surface area contributed by atoms with Crippen molar-refractivity contribution in [2.45, 2.75) is 6.92 Å². The first kappa shape index (κ1) is 8.92. The molecule has 0 saturated carbocycles. The van der Waals surface area contributed by atoms with Crippen LogP contribution in [0.1, 0.15) is 6.92 Å². The van der Waals surface area contributed by atoms with Crippen LogP contribution >= 0.6 is 15.9 Å². The third-order valence-corrected chi connectivity index (χ3v) is 1.36. The fraction of sp³-hybridized carbons (Fsp3) is 0.167. The number of hydrogen-bond acceptors (Lipinski definition) is 5. The van der Waals surface area contributed by atoms with Gasteiger partial charge in [0.15, 0.2) is 5.82 Å². The number of nitrogens with two attached hydrogens (primary N) is 1. The quantitative estimate of drug-likeness (QED) is 0.722. The Balaban J connectivity index is 2.97. The zero-order valence-electron chi connectivity index (χ0n) is 6.24. The molecule has 12 heavy (non-hydrogen) atoms. The molecule has 1 heterocycles. The minimum Gasteiger partial charge on any atom is -0.404 e. The second-order valence-corrected chi connectivity index (χ2v) is 2.79. The third-order valence-electron chi connectivity index (χ3n) is 0.978. The molecule has 1 rings (SSSR count). The molecule has 0 spiro atoms. The molecule has 5 nitrogen and oxygen atoms in total. The maximum Gasteiger partial charge on any atom is 0.309 e. The van der Waals surface area contributed by atoms with Gasteiger partial charge in [0.25, 0.3) is 5.88 Å². The van der Waals surface area contributed by atoms with E-state index in [0.717, 1.165) is 0 Å². The summed E-state index contributed by atoms with van der Waals surface area (Å²) in [6.45, 7) is 1.27. The maximum atomic E-state index is 10.5. The Morgan fingerprint density at radius 2 is 2.42 bits per heavy atom. The number of nitrogens with zero attached hydrogens (tertiary/aromatic N) is 2. The van der Waals surface area contributed by atoms with Gasteiger partial charge in [0.2, 0.25) is 0 Å². The Labute approximate surface area is 77.1 Å². The summed E-state index contributed by atoms with van der Waals surface area (Å²) in [4.78, 5) is 18.0. The van der Waals surface area contributed by atoms with Crippen LogP contribution in [-0.4, -0.2) is 15.9 Å². The van der Waals surface area contributed by atoms with Crippen LogP contribution < -0.4 is 10.5 Å². The van der Waals surface area contributed by atoms with E-state index in [-0.39, 0.29) is 11.7 Å². The fourth-order valence-corrected chi connectivity index (χ4v) is 0.836. The molecule has 0 aliphatic rings. The largest absolute Gasteiger partial charge is 0.404 e. The van der Waals surface area contributed by atoms with Gasteiger partial charge in [-0.1, -0.05) is 0 Å². The Morgan fingerprint density at radius 3 is 3.00 bits per heavy atom. The molecule has 0 unspecified atom stereocenters. The Kier molecular flexibility index (Phi) is 2.59. The molecule has 0 fully saturated rings. The summed E-state index contributed by atoms with van der Waals surface area (Å²) in [6, 6.07) is 0. The van der Waals surface area contributed by atoms with Gasteiger partial charge in [-0.3, -0.25) is 4.79 Å². The monoisotopic (exact) mass is 231 g/mol. The number of carbonyl (C=O) groups excluding carboxylic acids is 1. The molecule has 0 aliphatic carbocycles. The lowest BCUT2D eigenvalue weighted by Gasteiger charge is -2.01. The highest BCUT2D eigenvalue weighted by Crippen LogP contribution is 2.17. The summed E-state index contributed by atoms with van der Waals surface area (Å²) in [5.41, 5.74) is 5.37. The molecule has 64 valence electrons. The summed E-state index contributed by atoms with van der Waals surface area (Å²) < 4.78 is 5.12. The molecular weight excluding hydrogens is 226 g/mol. The highest BCUT2D eigenvalue weighted by atomic mass is 79.9. The zero-order chi connectivity index (χ0) is 9.14. The highest BCUT2D eigenvalue weighted by molar-refractivity contribution is 9.10. The molecule has 0 saturated heterocycles. The van der Waals surface area contributed by atoms with Crippen molar-refractivity contribution in [3.8, 4) is 5.88 Å². The highest BCUT2D eigenvalue weighted by Gasteiger charge is 2.06. The van der Waals surface area contributed by atoms with Crippen LogP contribution in [0, 0.1) is 0 Å². The van der Waals surface area contributed by atoms with E-state index in [2.05, 4.69) is 30.6 Å². The number of esters is 1. The van der Waals surface area contributed by atoms with Crippen molar-refractivity contribution in [1.29, 1.82) is 0 Å². The summed E-state index contributed by atoms with van der Waals surface area (Å²) >= 11 is 3.07. The number of hydrogen-bond donors (Lipinski definition) is 1. The van der Waals surface area contributed by atoms with E-state index in [1.807, 2.05) is 0 Å². The summed E-state index contributed by atoms with van der Waals surface area (Å²) in [7, 11) is 0. The fourth-order valence-electron chi connectivity index (χ4n) is 0.572. The number of carbonyl (C=O) groups is 1. The predicted molar refractivity (Wildman–Crippen MR) is 45.5 cm³/mol. The van der Waals surface area contributed by atoms with Crippen LogP contribution in [0.25, 0.3) is 0 Å². The van der Waals surface area contributed by atoms with Crippen molar-refractivity contribution in [3.05, 3.63) is 10.8 Å². The first-order valence-electron chi connectivity index (χ1n) is 3.06. The Hall–Kier alpha value is -1.17. The lowest BCUT2D eigenvalue weighted by atomic mass is 10.6. The molecule has 0 aromatic carbocycles. The third kappa shape index (κ3) is 2.16. The molecule has 0 radical (unpaired) electrons. The molecule has 6 heteroatoms. The van der Waals surface area contributed by atoms with Crippen LogP contribution in [0.15, 0.2) is 10.8 Å². The topological polar surface area (TPSA) is 78.1 Å². The minimum atomic E-state index is -0.478. The first-order chi connectivity index (χ1) is 5.59. The SMILES string of the molecule is CC(=O)Oc1nc(Br)cnc1N. The average Bonchev–Trinajstić information content (AvgIpc) is 1.96. The molecule has 1 aromatic heterocycles. The lowest BCUT2D eigenvalue weighted by Crippen LogP contribution is -2.06. The van der Waals surface area contributed by atoms with E-state index in [9.17, 15) is 4.79 Å². The number of nitrogen functional groups attached to an aromatic ring is 1. The van der Waals surface area contributed by atoms with Crippen LogP contribution in [-0.2, 0) is 4.79 Å². The number of anilines is 1. The van der Waals surface area contributed by atoms with Gasteiger partial charge in [-0.15, -0.1) is 0 Å². The van der Waals surface area contributed by atoms with Gasteiger partial charge in [0.05, 0.1) is 6.20 Å². The van der Waals surface area contributed by atoms with Crippen molar-refractivity contribution >= 4 is 27.7 Å². The standard InChI is InChI=1S/C6H6BrN3O2/c1-3(11)12-6-5(8)9-2-4(7)10-6/h2H,1H3,(H2,8,9). The van der Waals surface area contributed by atoms with Gasteiger partial charge < -0.3 is 10.5 Å². The van der Waals surface area contributed by atoms with E-state index >= 15 is 0 Å². The smallest absolute Gasteiger partial charge is 0.309 e. The minimum absolute atomic E-state index is 0.0249. The van der Waals surface area contributed by atoms with Crippen LogP contribution in [0.5, 0.6) is 5.88 Å². The van der Waals surface area contributed by atoms with E-state index in [1.165, 1.54) is 13.1 Å². The second kappa shape index (κ2) is 3.48. The molecule has 0 bridgehead atoms. The zero-order valence-corrected chi connectivity index (χ0v) is 7.83. The Bertz CT molecular complexity index is 316. The van der Waals surface area contributed by atoms with E-state index in [1.54, 1.807) is 0 Å². The first-order valence-corrected chi connectivity index (χ1v) is 3.85. The van der Waals surface area contributed by atoms with Gasteiger partial charge in [0, 0.05) is 6.92 Å². The van der Waals surface area contributed by atoms with Crippen molar-refractivity contribution in [2.24, 2.45) is 0 Å². The molecule has 2 N–H and O–H groups in total. The maximum absolute atomic E-state index is 10.5. The molecule has 1 aromatic rings. The van der Waals surface area contributed by atoms with Gasteiger partial charge in [-0.25, -0.2) is 9.97 Å². The van der Waals surface area contributed by atoms with Crippen molar-refractivity contribution in [3.63, 3.8) is 0 Å². The Morgan fingerprint density at radius 1 is 1.75 bits per heavy atom. The lowest BCUT2D eigenvalue weighted by molar-refractivity contribution is -0.132. The van der Waals surface area contributed by atoms with Crippen molar-refractivity contribution < 1.29 is 9.53 Å². The van der Waals surface area contributed by atoms with Crippen LogP contribution in [0.3, 0.4) is 0 Å². The summed E-state index contributed by atoms with van der Waals surface area (Å²) in [6.07, 6.45) is 1.42. The van der Waals surface area contributed by atoms with E-state index in [4.69, 9.17) is 5.73 Å². The predicted octanol–water partition coefficient (Wildman–Crippen LogP) is 0.747. The van der Waals surface area contributed by atoms with Gasteiger partial charge in [-0.05, 0) is 15.9 Å². The van der Waals surface area contributed by atoms with Gasteiger partial charge in [0.1, 0.15) is 4.60 Å².